The molecule has 1 aliphatic carbocycles. The van der Waals surface area contributed by atoms with E-state index in [0.29, 0.717) is 12.6 Å². The van der Waals surface area contributed by atoms with Gasteiger partial charge in [-0.3, -0.25) is 0 Å². The van der Waals surface area contributed by atoms with Crippen LogP contribution in [0, 0.1) is 0 Å². The summed E-state index contributed by atoms with van der Waals surface area (Å²) in [5.74, 6) is 0. The van der Waals surface area contributed by atoms with Gasteiger partial charge in [-0.05, 0) is 37.0 Å². The van der Waals surface area contributed by atoms with Gasteiger partial charge in [0.2, 0.25) is 0 Å². The number of halogens is 1. The summed E-state index contributed by atoms with van der Waals surface area (Å²) in [6.45, 7) is 8.16. The van der Waals surface area contributed by atoms with E-state index < -0.39 is 0 Å². The minimum atomic E-state index is 0.536. The molecule has 0 aliphatic heterocycles. The van der Waals surface area contributed by atoms with Gasteiger partial charge in [0.1, 0.15) is 0 Å². The Morgan fingerprint density at radius 2 is 2.05 bits per heavy atom. The minimum Gasteiger partial charge on any atom is -0.369 e. The summed E-state index contributed by atoms with van der Waals surface area (Å²) in [5, 5.41) is 0.772. The van der Waals surface area contributed by atoms with E-state index in [0.717, 1.165) is 34.8 Å². The molecule has 1 aromatic carbocycles. The molecular formula is C18H27ClN2. The van der Waals surface area contributed by atoms with E-state index >= 15 is 0 Å². The highest BCUT2D eigenvalue weighted by Crippen LogP contribution is 2.32. The summed E-state index contributed by atoms with van der Waals surface area (Å²) in [7, 11) is 0. The third-order valence-electron chi connectivity index (χ3n) is 4.40. The highest BCUT2D eigenvalue weighted by Gasteiger charge is 2.23. The molecule has 0 spiro atoms. The predicted molar refractivity (Wildman–Crippen MR) is 92.2 cm³/mol. The molecule has 0 atom stereocenters. The molecule has 1 fully saturated rings. The Kier molecular flexibility index (Phi) is 6.13. The average molecular weight is 307 g/mol. The smallest absolute Gasteiger partial charge is 0.0499 e. The molecule has 1 aliphatic rings. The summed E-state index contributed by atoms with van der Waals surface area (Å²) in [6, 6.07) is 6.64. The van der Waals surface area contributed by atoms with Gasteiger partial charge in [-0.15, -0.1) is 0 Å². The predicted octanol–water partition coefficient (Wildman–Crippen LogP) is 4.81. The molecule has 116 valence electrons. The number of hydrogen-bond donors (Lipinski definition) is 1. The van der Waals surface area contributed by atoms with Gasteiger partial charge < -0.3 is 10.6 Å². The Bertz CT molecular complexity index is 478. The molecule has 3 heteroatoms. The van der Waals surface area contributed by atoms with Crippen molar-refractivity contribution in [3.63, 3.8) is 0 Å². The lowest BCUT2D eigenvalue weighted by atomic mass is 9.93. The van der Waals surface area contributed by atoms with E-state index in [1.807, 2.05) is 12.1 Å². The number of nitrogens with two attached hydrogens (primary N) is 1. The molecule has 0 amide bonds. The molecule has 0 aromatic heterocycles. The van der Waals surface area contributed by atoms with E-state index in [1.54, 1.807) is 0 Å². The normalized spacial score (nSPS) is 16.0. The molecule has 0 bridgehead atoms. The summed E-state index contributed by atoms with van der Waals surface area (Å²) in [6.07, 6.45) is 7.69. The average Bonchev–Trinajstić information content (AvgIpc) is 2.53. The SMILES string of the molecule is C=C(c1cc(CN)ccc1Cl)N(CCC)C1CCCCC1. The second-order valence-electron chi connectivity index (χ2n) is 5.95. The van der Waals surface area contributed by atoms with Gasteiger partial charge in [-0.1, -0.05) is 50.4 Å². The van der Waals surface area contributed by atoms with Crippen LogP contribution in [0.25, 0.3) is 5.70 Å². The Labute approximate surface area is 134 Å². The lowest BCUT2D eigenvalue weighted by Gasteiger charge is -2.37. The van der Waals surface area contributed by atoms with Crippen molar-refractivity contribution in [2.24, 2.45) is 5.73 Å². The van der Waals surface area contributed by atoms with E-state index in [9.17, 15) is 0 Å². The maximum absolute atomic E-state index is 6.40. The fourth-order valence-electron chi connectivity index (χ4n) is 3.25. The van der Waals surface area contributed by atoms with Gasteiger partial charge >= 0.3 is 0 Å². The van der Waals surface area contributed by atoms with Gasteiger partial charge in [0.25, 0.3) is 0 Å². The Balaban J connectivity index is 2.24. The van der Waals surface area contributed by atoms with Crippen molar-refractivity contribution < 1.29 is 0 Å². The number of benzene rings is 1. The number of rotatable bonds is 6. The third kappa shape index (κ3) is 4.02. The molecule has 0 radical (unpaired) electrons. The van der Waals surface area contributed by atoms with E-state index in [1.165, 1.54) is 32.1 Å². The Morgan fingerprint density at radius 1 is 1.33 bits per heavy atom. The second kappa shape index (κ2) is 7.86. The first-order valence-corrected chi connectivity index (χ1v) is 8.49. The highest BCUT2D eigenvalue weighted by atomic mass is 35.5. The molecular weight excluding hydrogens is 280 g/mol. The van der Waals surface area contributed by atoms with Crippen molar-refractivity contribution in [2.45, 2.75) is 58.0 Å². The standard InChI is InChI=1S/C18H27ClN2/c1-3-11-21(16-7-5-4-6-8-16)14(2)17-12-15(13-20)9-10-18(17)19/h9-10,12,16H,2-8,11,13,20H2,1H3. The first kappa shape index (κ1) is 16.4. The maximum atomic E-state index is 6.40. The van der Waals surface area contributed by atoms with Crippen molar-refractivity contribution in [2.75, 3.05) is 6.54 Å². The van der Waals surface area contributed by atoms with Gasteiger partial charge in [0, 0.05) is 35.4 Å². The molecule has 2 N–H and O–H groups in total. The van der Waals surface area contributed by atoms with Gasteiger partial charge in [0.15, 0.2) is 0 Å². The van der Waals surface area contributed by atoms with Gasteiger partial charge in [-0.2, -0.15) is 0 Å². The minimum absolute atomic E-state index is 0.536. The van der Waals surface area contributed by atoms with Crippen LogP contribution >= 0.6 is 11.6 Å². The first-order chi connectivity index (χ1) is 10.2. The van der Waals surface area contributed by atoms with Crippen molar-refractivity contribution in [3.8, 4) is 0 Å². The zero-order valence-electron chi connectivity index (χ0n) is 13.1. The van der Waals surface area contributed by atoms with Crippen LogP contribution in [-0.4, -0.2) is 17.5 Å². The van der Waals surface area contributed by atoms with Crippen LogP contribution in [-0.2, 0) is 6.54 Å². The molecule has 2 nitrogen and oxygen atoms in total. The zero-order valence-corrected chi connectivity index (χ0v) is 13.8. The van der Waals surface area contributed by atoms with Crippen molar-refractivity contribution >= 4 is 17.3 Å². The lowest BCUT2D eigenvalue weighted by Crippen LogP contribution is -2.35. The Morgan fingerprint density at radius 3 is 2.67 bits per heavy atom. The van der Waals surface area contributed by atoms with Crippen molar-refractivity contribution in [1.29, 1.82) is 0 Å². The fourth-order valence-corrected chi connectivity index (χ4v) is 3.47. The van der Waals surface area contributed by atoms with Crippen molar-refractivity contribution in [1.82, 2.24) is 4.90 Å². The van der Waals surface area contributed by atoms with Crippen LogP contribution < -0.4 is 5.73 Å². The van der Waals surface area contributed by atoms with Crippen LogP contribution in [0.1, 0.15) is 56.6 Å². The number of nitrogens with zero attached hydrogens (tertiary/aromatic N) is 1. The number of hydrogen-bond acceptors (Lipinski definition) is 2. The molecule has 0 saturated heterocycles. The monoisotopic (exact) mass is 306 g/mol. The second-order valence-corrected chi connectivity index (χ2v) is 6.36. The molecule has 21 heavy (non-hydrogen) atoms. The van der Waals surface area contributed by atoms with Crippen LogP contribution in [0.15, 0.2) is 24.8 Å². The largest absolute Gasteiger partial charge is 0.369 e. The van der Waals surface area contributed by atoms with Gasteiger partial charge in [-0.25, -0.2) is 0 Å². The molecule has 0 heterocycles. The third-order valence-corrected chi connectivity index (χ3v) is 4.73. The topological polar surface area (TPSA) is 29.3 Å². The summed E-state index contributed by atoms with van der Waals surface area (Å²) < 4.78 is 0. The zero-order chi connectivity index (χ0) is 15.2. The van der Waals surface area contributed by atoms with E-state index in [4.69, 9.17) is 17.3 Å². The molecule has 1 aromatic rings. The Hall–Kier alpha value is -0.990. The van der Waals surface area contributed by atoms with Crippen molar-refractivity contribution in [3.05, 3.63) is 40.9 Å². The van der Waals surface area contributed by atoms with Crippen LogP contribution in [0.2, 0.25) is 5.02 Å². The molecule has 0 unspecified atom stereocenters. The van der Waals surface area contributed by atoms with Crippen LogP contribution in [0.5, 0.6) is 0 Å². The summed E-state index contributed by atoms with van der Waals surface area (Å²) in [4.78, 5) is 2.47. The highest BCUT2D eigenvalue weighted by molar-refractivity contribution is 6.32. The van der Waals surface area contributed by atoms with E-state index in [-0.39, 0.29) is 0 Å². The first-order valence-electron chi connectivity index (χ1n) is 8.11. The quantitative estimate of drug-likeness (QED) is 0.817. The lowest BCUT2D eigenvalue weighted by molar-refractivity contribution is 0.231. The molecule has 1 saturated carbocycles. The van der Waals surface area contributed by atoms with Crippen LogP contribution in [0.3, 0.4) is 0 Å². The summed E-state index contributed by atoms with van der Waals surface area (Å²) >= 11 is 6.40. The van der Waals surface area contributed by atoms with Gasteiger partial charge in [0.05, 0.1) is 0 Å². The maximum Gasteiger partial charge on any atom is 0.0499 e. The fraction of sp³-hybridized carbons (Fsp3) is 0.556. The summed E-state index contributed by atoms with van der Waals surface area (Å²) in [5.41, 5.74) is 8.97. The van der Waals surface area contributed by atoms with E-state index in [2.05, 4.69) is 24.5 Å². The molecule has 2 rings (SSSR count). The van der Waals surface area contributed by atoms with Crippen LogP contribution in [0.4, 0.5) is 0 Å².